The molecule has 84 valence electrons. The minimum absolute atomic E-state index is 0.328. The van der Waals surface area contributed by atoms with Crippen molar-refractivity contribution in [3.63, 3.8) is 0 Å². The van der Waals surface area contributed by atoms with Crippen molar-refractivity contribution in [2.75, 3.05) is 20.3 Å². The van der Waals surface area contributed by atoms with E-state index in [0.717, 1.165) is 31.7 Å². The van der Waals surface area contributed by atoms with E-state index in [4.69, 9.17) is 4.74 Å². The fourth-order valence-electron chi connectivity index (χ4n) is 1.43. The van der Waals surface area contributed by atoms with Crippen LogP contribution in [0.2, 0.25) is 0 Å². The summed E-state index contributed by atoms with van der Waals surface area (Å²) in [5, 5.41) is 3.44. The molecule has 0 bridgehead atoms. The van der Waals surface area contributed by atoms with Crippen LogP contribution in [-0.2, 0) is 4.74 Å². The van der Waals surface area contributed by atoms with Crippen LogP contribution in [0.1, 0.15) is 31.5 Å². The van der Waals surface area contributed by atoms with E-state index in [1.54, 1.807) is 7.11 Å². The lowest BCUT2D eigenvalue weighted by atomic mass is 10.2. The van der Waals surface area contributed by atoms with Gasteiger partial charge in [-0.1, -0.05) is 6.07 Å². The molecule has 0 aliphatic carbocycles. The molecular weight excluding hydrogens is 188 g/mol. The fraction of sp³-hybridized carbons (Fsp3) is 0.583. The number of pyridine rings is 1. The molecule has 0 aliphatic rings. The monoisotopic (exact) mass is 208 g/mol. The van der Waals surface area contributed by atoms with Crippen LogP contribution in [0.15, 0.2) is 24.4 Å². The maximum Gasteiger partial charge on any atom is 0.0570 e. The van der Waals surface area contributed by atoms with Gasteiger partial charge >= 0.3 is 0 Å². The Morgan fingerprint density at radius 3 is 2.93 bits per heavy atom. The number of hydrogen-bond acceptors (Lipinski definition) is 3. The molecule has 0 aliphatic heterocycles. The molecule has 0 fully saturated rings. The highest BCUT2D eigenvalue weighted by atomic mass is 16.5. The molecule has 1 heterocycles. The molecule has 0 saturated heterocycles. The van der Waals surface area contributed by atoms with Gasteiger partial charge in [0.25, 0.3) is 0 Å². The number of nitrogens with zero attached hydrogens (tertiary/aromatic N) is 1. The van der Waals surface area contributed by atoms with Crippen molar-refractivity contribution in [1.29, 1.82) is 0 Å². The zero-order valence-corrected chi connectivity index (χ0v) is 9.57. The van der Waals surface area contributed by atoms with Gasteiger partial charge in [-0.15, -0.1) is 0 Å². The Kier molecular flexibility index (Phi) is 5.97. The normalized spacial score (nSPS) is 12.7. The quantitative estimate of drug-likeness (QED) is 0.697. The number of methoxy groups -OCH3 is 1. The predicted molar refractivity (Wildman–Crippen MR) is 61.8 cm³/mol. The third kappa shape index (κ3) is 4.91. The van der Waals surface area contributed by atoms with E-state index in [1.807, 2.05) is 24.4 Å². The minimum Gasteiger partial charge on any atom is -0.385 e. The van der Waals surface area contributed by atoms with E-state index in [0.29, 0.717) is 6.04 Å². The van der Waals surface area contributed by atoms with Gasteiger partial charge < -0.3 is 10.1 Å². The van der Waals surface area contributed by atoms with E-state index >= 15 is 0 Å². The summed E-state index contributed by atoms with van der Waals surface area (Å²) in [5.41, 5.74) is 1.10. The van der Waals surface area contributed by atoms with E-state index in [2.05, 4.69) is 17.2 Å². The second-order valence-corrected chi connectivity index (χ2v) is 3.63. The summed E-state index contributed by atoms with van der Waals surface area (Å²) in [5.74, 6) is 0. The number of ether oxygens (including phenoxy) is 1. The zero-order valence-electron chi connectivity index (χ0n) is 9.57. The van der Waals surface area contributed by atoms with Gasteiger partial charge in [-0.05, 0) is 38.4 Å². The molecule has 0 saturated carbocycles. The summed E-state index contributed by atoms with van der Waals surface area (Å²) in [6.45, 7) is 4.00. The van der Waals surface area contributed by atoms with E-state index in [-0.39, 0.29) is 0 Å². The Labute approximate surface area is 91.9 Å². The van der Waals surface area contributed by atoms with Gasteiger partial charge in [0.1, 0.15) is 0 Å². The topological polar surface area (TPSA) is 34.1 Å². The smallest absolute Gasteiger partial charge is 0.0570 e. The summed E-state index contributed by atoms with van der Waals surface area (Å²) < 4.78 is 4.99. The predicted octanol–water partition coefficient (Wildman–Crippen LogP) is 2.16. The van der Waals surface area contributed by atoms with Gasteiger partial charge in [0, 0.05) is 26.0 Å². The molecule has 1 N–H and O–H groups in total. The zero-order chi connectivity index (χ0) is 10.9. The van der Waals surface area contributed by atoms with Gasteiger partial charge in [-0.25, -0.2) is 0 Å². The molecule has 1 aromatic heterocycles. The lowest BCUT2D eigenvalue weighted by molar-refractivity contribution is 0.192. The van der Waals surface area contributed by atoms with Crippen LogP contribution in [0.4, 0.5) is 0 Å². The van der Waals surface area contributed by atoms with Gasteiger partial charge in [-0.2, -0.15) is 0 Å². The van der Waals surface area contributed by atoms with E-state index < -0.39 is 0 Å². The largest absolute Gasteiger partial charge is 0.385 e. The number of hydrogen-bond donors (Lipinski definition) is 1. The fourth-order valence-corrected chi connectivity index (χ4v) is 1.43. The van der Waals surface area contributed by atoms with Gasteiger partial charge in [0.05, 0.1) is 5.69 Å². The first-order valence-electron chi connectivity index (χ1n) is 5.48. The van der Waals surface area contributed by atoms with Crippen molar-refractivity contribution in [2.45, 2.75) is 25.8 Å². The Morgan fingerprint density at radius 2 is 2.27 bits per heavy atom. The highest BCUT2D eigenvalue weighted by molar-refractivity contribution is 5.07. The molecule has 0 amide bonds. The molecule has 0 aromatic carbocycles. The Hall–Kier alpha value is -0.930. The molecule has 0 radical (unpaired) electrons. The summed E-state index contributed by atoms with van der Waals surface area (Å²) in [6, 6.07) is 6.33. The second-order valence-electron chi connectivity index (χ2n) is 3.63. The third-order valence-corrected chi connectivity index (χ3v) is 2.36. The Balaban J connectivity index is 2.16. The molecule has 15 heavy (non-hydrogen) atoms. The molecule has 0 spiro atoms. The highest BCUT2D eigenvalue weighted by Crippen LogP contribution is 2.07. The first kappa shape index (κ1) is 12.1. The maximum absolute atomic E-state index is 4.99. The number of rotatable bonds is 7. The Bertz CT molecular complexity index is 251. The third-order valence-electron chi connectivity index (χ3n) is 2.36. The summed E-state index contributed by atoms with van der Waals surface area (Å²) in [7, 11) is 1.74. The lowest BCUT2D eigenvalue weighted by Crippen LogP contribution is -2.20. The summed E-state index contributed by atoms with van der Waals surface area (Å²) in [4.78, 5) is 4.31. The average Bonchev–Trinajstić information content (AvgIpc) is 2.30. The first-order chi connectivity index (χ1) is 7.34. The molecule has 1 aromatic rings. The summed E-state index contributed by atoms with van der Waals surface area (Å²) in [6.07, 6.45) is 4.09. The van der Waals surface area contributed by atoms with Crippen LogP contribution >= 0.6 is 0 Å². The van der Waals surface area contributed by atoms with Crippen LogP contribution in [0, 0.1) is 0 Å². The van der Waals surface area contributed by atoms with Crippen molar-refractivity contribution in [3.8, 4) is 0 Å². The number of aromatic nitrogens is 1. The first-order valence-corrected chi connectivity index (χ1v) is 5.48. The average molecular weight is 208 g/mol. The molecule has 3 heteroatoms. The van der Waals surface area contributed by atoms with Crippen LogP contribution in [-0.4, -0.2) is 25.2 Å². The molecular formula is C12H20N2O. The highest BCUT2D eigenvalue weighted by Gasteiger charge is 2.03. The van der Waals surface area contributed by atoms with E-state index in [9.17, 15) is 0 Å². The summed E-state index contributed by atoms with van der Waals surface area (Å²) >= 11 is 0. The lowest BCUT2D eigenvalue weighted by Gasteiger charge is -2.12. The van der Waals surface area contributed by atoms with Crippen molar-refractivity contribution in [3.05, 3.63) is 30.1 Å². The number of unbranched alkanes of at least 4 members (excludes halogenated alkanes) is 1. The van der Waals surface area contributed by atoms with Gasteiger partial charge in [0.15, 0.2) is 0 Å². The van der Waals surface area contributed by atoms with Crippen molar-refractivity contribution in [1.82, 2.24) is 10.3 Å². The molecule has 3 nitrogen and oxygen atoms in total. The molecule has 1 rings (SSSR count). The van der Waals surface area contributed by atoms with Crippen LogP contribution in [0.5, 0.6) is 0 Å². The number of nitrogens with one attached hydrogen (secondary N) is 1. The maximum atomic E-state index is 4.99. The van der Waals surface area contributed by atoms with Crippen LogP contribution in [0.3, 0.4) is 0 Å². The van der Waals surface area contributed by atoms with Crippen molar-refractivity contribution in [2.24, 2.45) is 0 Å². The molecule has 1 atom stereocenters. The van der Waals surface area contributed by atoms with Crippen molar-refractivity contribution >= 4 is 0 Å². The SMILES string of the molecule is COCCCCNC(C)c1ccccn1. The van der Waals surface area contributed by atoms with Gasteiger partial charge in [-0.3, -0.25) is 4.98 Å². The van der Waals surface area contributed by atoms with Crippen molar-refractivity contribution < 1.29 is 4.74 Å². The standard InChI is InChI=1S/C12H20N2O/c1-11(12-7-3-4-9-14-12)13-8-5-6-10-15-2/h3-4,7,9,11,13H,5-6,8,10H2,1-2H3. The molecule has 1 unspecified atom stereocenters. The van der Waals surface area contributed by atoms with Crippen LogP contribution in [0.25, 0.3) is 0 Å². The van der Waals surface area contributed by atoms with Crippen LogP contribution < -0.4 is 5.32 Å². The van der Waals surface area contributed by atoms with E-state index in [1.165, 1.54) is 0 Å². The van der Waals surface area contributed by atoms with Gasteiger partial charge in [0.2, 0.25) is 0 Å². The Morgan fingerprint density at radius 1 is 1.40 bits per heavy atom. The minimum atomic E-state index is 0.328. The second kappa shape index (κ2) is 7.37.